The van der Waals surface area contributed by atoms with Crippen molar-refractivity contribution in [3.63, 3.8) is 0 Å². The normalized spacial score (nSPS) is 11.3. The Morgan fingerprint density at radius 3 is 1.14 bits per heavy atom. The predicted octanol–water partition coefficient (Wildman–Crippen LogP) is 8.36. The van der Waals surface area contributed by atoms with Gasteiger partial charge in [0.2, 0.25) is 0 Å². The molecule has 0 amide bonds. The zero-order valence-corrected chi connectivity index (χ0v) is 20.6. The molecule has 7 rings (SSSR count). The lowest BCUT2D eigenvalue weighted by Gasteiger charge is -2.17. The summed E-state index contributed by atoms with van der Waals surface area (Å²) in [7, 11) is 0. The number of nitrogens with zero attached hydrogens (tertiary/aromatic N) is 4. The Hall–Kier alpha value is -4.26. The molecule has 4 nitrogen and oxygen atoms in total. The van der Waals surface area contributed by atoms with Gasteiger partial charge in [0, 0.05) is 21.9 Å². The fourth-order valence-corrected chi connectivity index (χ4v) is 5.88. The van der Waals surface area contributed by atoms with Crippen LogP contribution in [0.5, 0.6) is 0 Å². The molecular weight excluding hydrogens is 480 g/mol. The Balaban J connectivity index is 1.54. The first-order chi connectivity index (χ1) is 17.9. The molecule has 0 saturated carbocycles. The second-order valence-corrected chi connectivity index (χ2v) is 9.84. The molecule has 0 radical (unpaired) electrons. The van der Waals surface area contributed by atoms with Crippen molar-refractivity contribution in [2.24, 2.45) is 0 Å². The van der Waals surface area contributed by atoms with E-state index < -0.39 is 0 Å². The molecule has 0 saturated heterocycles. The summed E-state index contributed by atoms with van der Waals surface area (Å²) >= 11 is 3.16. The van der Waals surface area contributed by atoms with Crippen molar-refractivity contribution in [3.8, 4) is 45.3 Å². The van der Waals surface area contributed by atoms with Gasteiger partial charge in [-0.25, -0.2) is 19.9 Å². The summed E-state index contributed by atoms with van der Waals surface area (Å²) in [5, 5.41) is 8.66. The van der Waals surface area contributed by atoms with Crippen LogP contribution >= 0.6 is 22.7 Å². The molecule has 7 aromatic rings. The molecule has 0 N–H and O–H groups in total. The van der Waals surface area contributed by atoms with Gasteiger partial charge < -0.3 is 0 Å². The predicted molar refractivity (Wildman–Crippen MR) is 150 cm³/mol. The molecule has 0 aliphatic heterocycles. The monoisotopic (exact) mass is 498 g/mol. The molecule has 4 heterocycles. The van der Waals surface area contributed by atoms with Gasteiger partial charge in [0.15, 0.2) is 0 Å². The summed E-state index contributed by atoms with van der Waals surface area (Å²) in [5.41, 5.74) is 11.4. The average Bonchev–Trinajstić information content (AvgIpc) is 3.67. The number of hydrogen-bond acceptors (Lipinski definition) is 6. The van der Waals surface area contributed by atoms with Crippen molar-refractivity contribution in [1.82, 2.24) is 19.9 Å². The first kappa shape index (κ1) is 21.1. The molecule has 0 aliphatic carbocycles. The quantitative estimate of drug-likeness (QED) is 0.229. The highest BCUT2D eigenvalue weighted by Crippen LogP contribution is 2.43. The third-order valence-corrected chi connectivity index (χ3v) is 7.50. The average molecular weight is 499 g/mol. The minimum absolute atomic E-state index is 0.878. The van der Waals surface area contributed by atoms with Gasteiger partial charge in [0.25, 0.3) is 0 Å². The van der Waals surface area contributed by atoms with Gasteiger partial charge in [0.1, 0.15) is 0 Å². The van der Waals surface area contributed by atoms with Gasteiger partial charge >= 0.3 is 0 Å². The first-order valence-electron chi connectivity index (χ1n) is 11.5. The lowest BCUT2D eigenvalue weighted by Crippen LogP contribution is -1.95. The van der Waals surface area contributed by atoms with E-state index in [1.54, 1.807) is 22.7 Å². The molecule has 6 heteroatoms. The number of rotatable bonds is 4. The lowest BCUT2D eigenvalue weighted by atomic mass is 9.88. The van der Waals surface area contributed by atoms with Crippen LogP contribution in [0.25, 0.3) is 66.8 Å². The Morgan fingerprint density at radius 2 is 0.778 bits per heavy atom. The van der Waals surface area contributed by atoms with Crippen molar-refractivity contribution in [2.45, 2.75) is 0 Å². The fraction of sp³-hybridized carbons (Fsp3) is 0. The van der Waals surface area contributed by atoms with Gasteiger partial charge in [-0.3, -0.25) is 0 Å². The Kier molecular flexibility index (Phi) is 5.12. The summed E-state index contributed by atoms with van der Waals surface area (Å²) in [6.07, 6.45) is 0. The Labute approximate surface area is 215 Å². The maximum Gasteiger partial charge on any atom is 0.0995 e. The molecule has 0 unspecified atom stereocenters. The van der Waals surface area contributed by atoms with Crippen LogP contribution in [-0.2, 0) is 0 Å². The zero-order chi connectivity index (χ0) is 23.9. The van der Waals surface area contributed by atoms with Crippen LogP contribution in [0.15, 0.2) is 107 Å². The number of fused-ring (bicyclic) bond motifs is 2. The number of hydrogen-bond donors (Lipinski definition) is 0. The minimum Gasteiger partial charge on any atom is -0.246 e. The van der Waals surface area contributed by atoms with E-state index >= 15 is 0 Å². The van der Waals surface area contributed by atoms with Gasteiger partial charge in [0.05, 0.1) is 45.2 Å². The van der Waals surface area contributed by atoms with Crippen molar-refractivity contribution >= 4 is 44.2 Å². The van der Waals surface area contributed by atoms with E-state index in [1.165, 1.54) is 0 Å². The van der Waals surface area contributed by atoms with E-state index in [0.717, 1.165) is 66.8 Å². The van der Waals surface area contributed by atoms with E-state index in [1.807, 2.05) is 33.9 Å². The summed E-state index contributed by atoms with van der Waals surface area (Å²) in [6.45, 7) is 0. The second-order valence-electron chi connectivity index (χ2n) is 8.40. The van der Waals surface area contributed by atoms with Crippen LogP contribution in [0.3, 0.4) is 0 Å². The summed E-state index contributed by atoms with van der Waals surface area (Å²) < 4.78 is 0. The number of aromatic nitrogens is 4. The standard InChI is InChI=1S/C30H18N4S2/c1-2-8-20-19(7-1)29(25-13-5-11-23(33-25)27-15-35-17-31-27)21-9-3-4-10-22(21)30(20)26-14-6-12-24(34-26)28-16-36-18-32-28/h1-18H. The third kappa shape index (κ3) is 3.50. The second kappa shape index (κ2) is 8.75. The minimum atomic E-state index is 0.878. The van der Waals surface area contributed by atoms with E-state index in [-0.39, 0.29) is 0 Å². The molecule has 0 atom stereocenters. The summed E-state index contributed by atoms with van der Waals surface area (Å²) in [4.78, 5) is 19.1. The molecule has 170 valence electrons. The zero-order valence-electron chi connectivity index (χ0n) is 19.0. The molecule has 0 aliphatic rings. The van der Waals surface area contributed by atoms with Crippen LogP contribution in [0.2, 0.25) is 0 Å². The van der Waals surface area contributed by atoms with E-state index in [4.69, 9.17) is 9.97 Å². The van der Waals surface area contributed by atoms with Gasteiger partial charge in [-0.15, -0.1) is 22.7 Å². The van der Waals surface area contributed by atoms with Gasteiger partial charge in [-0.1, -0.05) is 60.7 Å². The lowest BCUT2D eigenvalue weighted by molar-refractivity contribution is 1.28. The molecule has 0 fully saturated rings. The van der Waals surface area contributed by atoms with Crippen molar-refractivity contribution in [1.29, 1.82) is 0 Å². The van der Waals surface area contributed by atoms with E-state index in [0.29, 0.717) is 0 Å². The smallest absolute Gasteiger partial charge is 0.0995 e. The number of thiazole rings is 2. The summed E-state index contributed by atoms with van der Waals surface area (Å²) in [5.74, 6) is 0. The highest BCUT2D eigenvalue weighted by Gasteiger charge is 2.18. The van der Waals surface area contributed by atoms with Crippen molar-refractivity contribution < 1.29 is 0 Å². The molecule has 36 heavy (non-hydrogen) atoms. The molecule has 4 aromatic heterocycles. The fourth-order valence-electron chi connectivity index (χ4n) is 4.79. The van der Waals surface area contributed by atoms with Gasteiger partial charge in [-0.05, 0) is 45.8 Å². The SMILES string of the molecule is c1cc(-c2cscn2)nc(-c2c3ccccc3c(-c3cccc(-c4cscn4)n3)c3ccccc23)c1. The largest absolute Gasteiger partial charge is 0.246 e. The Bertz CT molecular complexity index is 1650. The highest BCUT2D eigenvalue weighted by atomic mass is 32.1. The maximum atomic E-state index is 5.06. The van der Waals surface area contributed by atoms with Crippen LogP contribution in [0.4, 0.5) is 0 Å². The van der Waals surface area contributed by atoms with Crippen molar-refractivity contribution in [3.05, 3.63) is 107 Å². The topological polar surface area (TPSA) is 51.6 Å². The third-order valence-electron chi connectivity index (χ3n) is 6.33. The van der Waals surface area contributed by atoms with Crippen molar-refractivity contribution in [2.75, 3.05) is 0 Å². The molecule has 0 bridgehead atoms. The van der Waals surface area contributed by atoms with E-state index in [2.05, 4.69) is 82.8 Å². The summed E-state index contributed by atoms with van der Waals surface area (Å²) in [6, 6.07) is 29.4. The maximum absolute atomic E-state index is 5.06. The van der Waals surface area contributed by atoms with Crippen LogP contribution in [0.1, 0.15) is 0 Å². The first-order valence-corrected chi connectivity index (χ1v) is 13.4. The highest BCUT2D eigenvalue weighted by molar-refractivity contribution is 7.08. The molecular formula is C30H18N4S2. The van der Waals surface area contributed by atoms with Crippen LogP contribution in [-0.4, -0.2) is 19.9 Å². The number of pyridine rings is 2. The molecule has 3 aromatic carbocycles. The Morgan fingerprint density at radius 1 is 0.389 bits per heavy atom. The van der Waals surface area contributed by atoms with E-state index in [9.17, 15) is 0 Å². The molecule has 0 spiro atoms. The van der Waals surface area contributed by atoms with Crippen LogP contribution < -0.4 is 0 Å². The van der Waals surface area contributed by atoms with Gasteiger partial charge in [-0.2, -0.15) is 0 Å². The number of benzene rings is 3. The van der Waals surface area contributed by atoms with Crippen LogP contribution in [0, 0.1) is 0 Å².